The van der Waals surface area contributed by atoms with E-state index in [1.54, 1.807) is 0 Å². The van der Waals surface area contributed by atoms with E-state index in [0.29, 0.717) is 5.92 Å². The van der Waals surface area contributed by atoms with Crippen LogP contribution in [0.3, 0.4) is 0 Å². The number of hydrogen-bond acceptors (Lipinski definition) is 1. The van der Waals surface area contributed by atoms with Crippen LogP contribution < -0.4 is 10.4 Å². The van der Waals surface area contributed by atoms with Crippen molar-refractivity contribution in [1.29, 1.82) is 0 Å². The summed E-state index contributed by atoms with van der Waals surface area (Å²) in [6, 6.07) is 31.5. The molecule has 272 valence electrons. The maximum Gasteiger partial charge on any atom is 0.401 e. The van der Waals surface area contributed by atoms with Gasteiger partial charge in [0.15, 0.2) is 0 Å². The number of fused-ring (bicyclic) bond motifs is 3. The maximum absolute atomic E-state index is 4.82. The summed E-state index contributed by atoms with van der Waals surface area (Å²) in [6.07, 6.45) is 10.2. The van der Waals surface area contributed by atoms with Crippen LogP contribution in [0.25, 0.3) is 28.3 Å². The van der Waals surface area contributed by atoms with Crippen molar-refractivity contribution in [1.82, 2.24) is 0 Å². The predicted octanol–water partition coefficient (Wildman–Crippen LogP) is 10.4. The van der Waals surface area contributed by atoms with E-state index in [-0.39, 0.29) is 82.8 Å². The summed E-state index contributed by atoms with van der Waals surface area (Å²) < 4.78 is 4.82. The first-order chi connectivity index (χ1) is 23.1. The van der Waals surface area contributed by atoms with E-state index in [9.17, 15) is 0 Å². The molecular formula is C46H57Al2Cl2OZr-. The van der Waals surface area contributed by atoms with E-state index in [1.165, 1.54) is 71.7 Å². The molecule has 1 nitrogen and oxygen atoms in total. The topological polar surface area (TPSA) is 9.23 Å². The summed E-state index contributed by atoms with van der Waals surface area (Å²) in [5.41, 5.74) is 14.7. The normalized spacial score (nSPS) is 14.4. The molecule has 0 saturated carbocycles. The second-order valence-corrected chi connectivity index (χ2v) is 19.5. The number of allylic oxidation sites excluding steroid dienone is 4. The summed E-state index contributed by atoms with van der Waals surface area (Å²) in [5, 5.41) is 2.58. The first-order valence-corrected chi connectivity index (χ1v) is 21.0. The van der Waals surface area contributed by atoms with Crippen molar-refractivity contribution in [3.05, 3.63) is 146 Å². The van der Waals surface area contributed by atoms with Gasteiger partial charge in [0.25, 0.3) is 0 Å². The summed E-state index contributed by atoms with van der Waals surface area (Å²) in [5.74, 6) is 2.50. The largest absolute Gasteiger partial charge is 0.645 e. The van der Waals surface area contributed by atoms with Gasteiger partial charge in [-0.25, -0.2) is 0 Å². The van der Waals surface area contributed by atoms with Crippen molar-refractivity contribution < 1.29 is 29.0 Å². The van der Waals surface area contributed by atoms with Crippen LogP contribution in [0.5, 0.6) is 0 Å². The molecule has 1 unspecified atom stereocenters. The van der Waals surface area contributed by atoms with E-state index >= 15 is 0 Å². The minimum absolute atomic E-state index is 0. The third-order valence-corrected chi connectivity index (χ3v) is 12.2. The molecule has 52 heavy (non-hydrogen) atoms. The second kappa shape index (κ2) is 19.0. The Labute approximate surface area is 361 Å². The Morgan fingerprint density at radius 3 is 1.73 bits per heavy atom. The standard InChI is InChI=1S/C45H49.CH3.2Al.2ClH.O.Zr.3H/c1-11-29-24-34(44(5,6)7)27-36(29)41-38-26-32-25-33(43(2,3)4)22-23-35(32)37(38)28-39(42(41)45(8,9)10)40(30-18-14-12-15-19-30)31-20-16-13-17-21-31;;;;;;;;;;/h12-25,27-29H,11H2,1-10H3;1H3;;;2*1H;;;;;/q-1;;;;;;;;;;. The fourth-order valence-corrected chi connectivity index (χ4v) is 7.15. The molecule has 6 heteroatoms. The van der Waals surface area contributed by atoms with Gasteiger partial charge in [0.05, 0.1) is 0 Å². The van der Waals surface area contributed by atoms with E-state index in [1.807, 2.05) is 0 Å². The Morgan fingerprint density at radius 1 is 0.750 bits per heavy atom. The molecule has 0 saturated heterocycles. The molecule has 0 N–H and O–H groups in total. The monoisotopic (exact) mass is 839 g/mol. The molecule has 0 aromatic heterocycles. The molecule has 4 aromatic carbocycles. The van der Waals surface area contributed by atoms with E-state index in [4.69, 9.17) is 2.84 Å². The zero-order chi connectivity index (χ0) is 35.7. The van der Waals surface area contributed by atoms with Crippen LogP contribution >= 0.6 is 24.8 Å². The summed E-state index contributed by atoms with van der Waals surface area (Å²) >= 11 is 0.938. The quantitative estimate of drug-likeness (QED) is 0.127. The first-order valence-electron chi connectivity index (χ1n) is 18.1. The minimum Gasteiger partial charge on any atom is -0.645 e. The SMILES string of the molecule is CCC1C=C(C(C)(C)C)C=C1c1c(C(C)(C)C)c(=C(c2ccccc2)c2ccccc2)cc2c1=[C-]c1cc(C(C)(C)C)ccc1-2.Cl.Cl.[CH3][AlH][O][AlH2].[Zr]. The Balaban J connectivity index is 0.00000127. The Hall–Kier alpha value is -1.41. The number of rotatable bonds is 5. The summed E-state index contributed by atoms with van der Waals surface area (Å²) in [6.45, 7) is 23.4. The van der Waals surface area contributed by atoms with E-state index in [0.717, 1.165) is 23.0 Å². The van der Waals surface area contributed by atoms with Gasteiger partial charge in [-0.1, -0.05) is 188 Å². The molecule has 0 amide bonds. The molecule has 2 aliphatic rings. The molecular weight excluding hydrogens is 785 g/mol. The molecule has 4 aromatic rings. The van der Waals surface area contributed by atoms with Crippen molar-refractivity contribution in [2.24, 2.45) is 11.3 Å². The maximum atomic E-state index is 4.82. The molecule has 0 fully saturated rings. The van der Waals surface area contributed by atoms with Gasteiger partial charge in [0.2, 0.25) is 0 Å². The van der Waals surface area contributed by atoms with Crippen molar-refractivity contribution >= 4 is 74.2 Å². The number of halogens is 2. The van der Waals surface area contributed by atoms with Gasteiger partial charge in [0.1, 0.15) is 0 Å². The van der Waals surface area contributed by atoms with Crippen LogP contribution in [-0.2, 0) is 39.9 Å². The van der Waals surface area contributed by atoms with Gasteiger partial charge >= 0.3 is 32.2 Å². The van der Waals surface area contributed by atoms with Crippen LogP contribution in [0.15, 0.2) is 103 Å². The van der Waals surface area contributed by atoms with Crippen molar-refractivity contribution in [2.45, 2.75) is 92.3 Å². The van der Waals surface area contributed by atoms with Crippen LogP contribution in [0.2, 0.25) is 5.79 Å². The zero-order valence-corrected chi connectivity index (χ0v) is 41.0. The smallest absolute Gasteiger partial charge is 0.401 e. The van der Waals surface area contributed by atoms with Gasteiger partial charge in [0, 0.05) is 26.2 Å². The van der Waals surface area contributed by atoms with Crippen LogP contribution in [0, 0.1) is 11.3 Å². The predicted molar refractivity (Wildman–Crippen MR) is 232 cm³/mol. The Bertz CT molecular complexity index is 1970. The third-order valence-electron chi connectivity index (χ3n) is 9.88. The van der Waals surface area contributed by atoms with Crippen LogP contribution in [0.4, 0.5) is 0 Å². The molecule has 0 spiro atoms. The van der Waals surface area contributed by atoms with Gasteiger partial charge in [-0.15, -0.1) is 58.9 Å². The molecule has 6 rings (SSSR count). The minimum atomic E-state index is -0.120. The van der Waals surface area contributed by atoms with Gasteiger partial charge < -0.3 is 2.84 Å². The average molecular weight is 842 g/mol. The molecule has 0 bridgehead atoms. The number of benzene rings is 4. The average Bonchev–Trinajstić information content (AvgIpc) is 3.66. The fraction of sp³-hybridized carbons (Fsp3) is 0.348. The van der Waals surface area contributed by atoms with Crippen molar-refractivity contribution in [3.8, 4) is 11.1 Å². The molecule has 1 atom stereocenters. The zero-order valence-electron chi connectivity index (χ0n) is 33.5. The molecule has 2 aliphatic carbocycles. The van der Waals surface area contributed by atoms with Crippen LogP contribution in [-0.4, -0.2) is 32.2 Å². The van der Waals surface area contributed by atoms with Gasteiger partial charge in [-0.3, -0.25) is 0 Å². The van der Waals surface area contributed by atoms with Gasteiger partial charge in [-0.2, -0.15) is 0 Å². The van der Waals surface area contributed by atoms with Gasteiger partial charge in [-0.05, 0) is 56.1 Å². The summed E-state index contributed by atoms with van der Waals surface area (Å²) in [7, 11) is 0. The molecule has 0 heterocycles. The number of hydrogen-bond donors (Lipinski definition) is 0. The van der Waals surface area contributed by atoms with Crippen molar-refractivity contribution in [3.63, 3.8) is 0 Å². The second-order valence-electron chi connectivity index (χ2n) is 16.7. The van der Waals surface area contributed by atoms with E-state index < -0.39 is 0 Å². The Morgan fingerprint density at radius 2 is 1.29 bits per heavy atom. The fourth-order valence-electron chi connectivity index (χ4n) is 7.15. The third kappa shape index (κ3) is 10.1. The Kier molecular flexibility index (Phi) is 17.0. The molecule has 0 aliphatic heterocycles. The van der Waals surface area contributed by atoms with E-state index in [2.05, 4.69) is 178 Å². The first kappa shape index (κ1) is 46.7. The van der Waals surface area contributed by atoms with Crippen LogP contribution in [0.1, 0.15) is 109 Å². The van der Waals surface area contributed by atoms with Crippen molar-refractivity contribution in [2.75, 3.05) is 0 Å². The molecule has 0 radical (unpaired) electrons. The summed E-state index contributed by atoms with van der Waals surface area (Å²) in [4.78, 5) is 0.